The molecule has 1 atom stereocenters. The standard InChI is InChI=1S/C18H31F2N/c1-7-11-13-15(9-3)21(6)17(18(19)20)16(10-4)14(5)12-8-2/h10,15,18H,4-5,7-9,11-13H2,1-3,6H3/b17-16+. The van der Waals surface area contributed by atoms with E-state index in [1.54, 1.807) is 11.9 Å². The summed E-state index contributed by atoms with van der Waals surface area (Å²) in [6, 6.07) is 0.137. The number of halogens is 2. The summed E-state index contributed by atoms with van der Waals surface area (Å²) >= 11 is 0. The topological polar surface area (TPSA) is 3.24 Å². The van der Waals surface area contributed by atoms with Crippen LogP contribution in [-0.2, 0) is 0 Å². The first-order chi connectivity index (χ1) is 9.94. The second kappa shape index (κ2) is 10.6. The highest BCUT2D eigenvalue weighted by Crippen LogP contribution is 2.28. The van der Waals surface area contributed by atoms with Crippen LogP contribution in [0.2, 0.25) is 0 Å². The summed E-state index contributed by atoms with van der Waals surface area (Å²) in [6.07, 6.45) is 4.56. The van der Waals surface area contributed by atoms with E-state index in [0.717, 1.165) is 44.1 Å². The predicted molar refractivity (Wildman–Crippen MR) is 88.6 cm³/mol. The summed E-state index contributed by atoms with van der Waals surface area (Å²) in [6.45, 7) is 13.9. The molecule has 0 aromatic heterocycles. The van der Waals surface area contributed by atoms with Gasteiger partial charge < -0.3 is 4.90 Å². The van der Waals surface area contributed by atoms with E-state index in [1.807, 2.05) is 13.8 Å². The zero-order chi connectivity index (χ0) is 16.4. The van der Waals surface area contributed by atoms with Crippen molar-refractivity contribution in [2.75, 3.05) is 7.05 Å². The van der Waals surface area contributed by atoms with E-state index < -0.39 is 6.43 Å². The van der Waals surface area contributed by atoms with Crippen molar-refractivity contribution < 1.29 is 8.78 Å². The lowest BCUT2D eigenvalue weighted by Gasteiger charge is -2.33. The fraction of sp³-hybridized carbons (Fsp3) is 0.667. The summed E-state index contributed by atoms with van der Waals surface area (Å²) in [5, 5.41) is 0. The minimum Gasteiger partial charge on any atom is -0.370 e. The van der Waals surface area contributed by atoms with Crippen molar-refractivity contribution >= 4 is 0 Å². The molecule has 122 valence electrons. The molecular formula is C18H31F2N. The molecule has 0 saturated carbocycles. The molecule has 0 saturated heterocycles. The first-order valence-electron chi connectivity index (χ1n) is 8.00. The van der Waals surface area contributed by atoms with Crippen LogP contribution in [0.1, 0.15) is 59.3 Å². The molecule has 0 radical (unpaired) electrons. The quantitative estimate of drug-likeness (QED) is 0.426. The molecular weight excluding hydrogens is 268 g/mol. The Labute approximate surface area is 129 Å². The van der Waals surface area contributed by atoms with Gasteiger partial charge in [0.25, 0.3) is 6.43 Å². The summed E-state index contributed by atoms with van der Waals surface area (Å²) < 4.78 is 27.2. The normalized spacial score (nSPS) is 13.9. The monoisotopic (exact) mass is 299 g/mol. The van der Waals surface area contributed by atoms with Gasteiger partial charge in [-0.15, -0.1) is 0 Å². The highest BCUT2D eigenvalue weighted by molar-refractivity contribution is 5.41. The molecule has 0 aliphatic heterocycles. The van der Waals surface area contributed by atoms with Gasteiger partial charge in [0.15, 0.2) is 0 Å². The van der Waals surface area contributed by atoms with Crippen molar-refractivity contribution in [1.82, 2.24) is 4.90 Å². The number of alkyl halides is 2. The smallest absolute Gasteiger partial charge is 0.278 e. The Morgan fingerprint density at radius 2 is 1.81 bits per heavy atom. The predicted octanol–water partition coefficient (Wildman–Crippen LogP) is 5.95. The van der Waals surface area contributed by atoms with Crippen LogP contribution in [0, 0.1) is 0 Å². The first-order valence-corrected chi connectivity index (χ1v) is 8.00. The van der Waals surface area contributed by atoms with Crippen molar-refractivity contribution in [2.24, 2.45) is 0 Å². The third-order valence-electron chi connectivity index (χ3n) is 3.91. The zero-order valence-corrected chi connectivity index (χ0v) is 14.1. The Hall–Kier alpha value is -1.12. The van der Waals surface area contributed by atoms with Gasteiger partial charge in [0.1, 0.15) is 0 Å². The summed E-state index contributed by atoms with van der Waals surface area (Å²) in [4.78, 5) is 1.75. The van der Waals surface area contributed by atoms with Crippen molar-refractivity contribution in [3.63, 3.8) is 0 Å². The lowest BCUT2D eigenvalue weighted by atomic mass is 9.98. The van der Waals surface area contributed by atoms with E-state index in [-0.39, 0.29) is 11.7 Å². The van der Waals surface area contributed by atoms with Gasteiger partial charge in [-0.05, 0) is 24.8 Å². The van der Waals surface area contributed by atoms with E-state index in [9.17, 15) is 8.78 Å². The Balaban J connectivity index is 5.51. The lowest BCUT2D eigenvalue weighted by Crippen LogP contribution is -2.34. The van der Waals surface area contributed by atoms with Crippen LogP contribution in [-0.4, -0.2) is 24.4 Å². The van der Waals surface area contributed by atoms with Gasteiger partial charge in [0.05, 0.1) is 5.70 Å². The maximum Gasteiger partial charge on any atom is 0.278 e. The van der Waals surface area contributed by atoms with E-state index in [2.05, 4.69) is 20.1 Å². The molecule has 21 heavy (non-hydrogen) atoms. The molecule has 0 aromatic rings. The van der Waals surface area contributed by atoms with E-state index in [0.29, 0.717) is 5.57 Å². The van der Waals surface area contributed by atoms with Gasteiger partial charge in [0, 0.05) is 18.7 Å². The van der Waals surface area contributed by atoms with Crippen LogP contribution in [0.4, 0.5) is 8.78 Å². The Morgan fingerprint density at radius 3 is 2.19 bits per heavy atom. The van der Waals surface area contributed by atoms with Crippen LogP contribution < -0.4 is 0 Å². The highest BCUT2D eigenvalue weighted by atomic mass is 19.3. The fourth-order valence-corrected chi connectivity index (χ4v) is 2.64. The highest BCUT2D eigenvalue weighted by Gasteiger charge is 2.25. The largest absolute Gasteiger partial charge is 0.370 e. The SMILES string of the molecule is C=C/C(C(=C)CCC)=C(/C(F)F)N(C)C(CC)CCCC. The Bertz CT molecular complexity index is 358. The molecule has 1 nitrogen and oxygen atoms in total. The number of hydrogen-bond acceptors (Lipinski definition) is 1. The van der Waals surface area contributed by atoms with E-state index in [1.165, 1.54) is 6.08 Å². The second-order valence-corrected chi connectivity index (χ2v) is 5.47. The van der Waals surface area contributed by atoms with Crippen LogP contribution in [0.5, 0.6) is 0 Å². The van der Waals surface area contributed by atoms with E-state index >= 15 is 0 Å². The molecule has 0 heterocycles. The lowest BCUT2D eigenvalue weighted by molar-refractivity contribution is 0.126. The van der Waals surface area contributed by atoms with Gasteiger partial charge in [0.2, 0.25) is 0 Å². The number of nitrogens with zero attached hydrogens (tertiary/aromatic N) is 1. The molecule has 0 spiro atoms. The fourth-order valence-electron chi connectivity index (χ4n) is 2.64. The zero-order valence-electron chi connectivity index (χ0n) is 14.1. The molecule has 0 aliphatic carbocycles. The Morgan fingerprint density at radius 1 is 1.19 bits per heavy atom. The van der Waals surface area contributed by atoms with Crippen LogP contribution in [0.15, 0.2) is 36.1 Å². The molecule has 0 bridgehead atoms. The molecule has 0 rings (SSSR count). The summed E-state index contributed by atoms with van der Waals surface area (Å²) in [7, 11) is 1.77. The number of unbranched alkanes of at least 4 members (excludes halogenated alkanes) is 1. The first kappa shape index (κ1) is 19.9. The molecule has 0 amide bonds. The second-order valence-electron chi connectivity index (χ2n) is 5.47. The summed E-state index contributed by atoms with van der Waals surface area (Å²) in [5.41, 5.74) is 1.34. The maximum atomic E-state index is 13.6. The molecule has 3 heteroatoms. The van der Waals surface area contributed by atoms with Gasteiger partial charge in [-0.2, -0.15) is 0 Å². The van der Waals surface area contributed by atoms with Crippen molar-refractivity contribution in [3.05, 3.63) is 36.1 Å². The van der Waals surface area contributed by atoms with Crippen molar-refractivity contribution in [2.45, 2.75) is 71.8 Å². The molecule has 0 aliphatic rings. The third kappa shape index (κ3) is 6.03. The van der Waals surface area contributed by atoms with Gasteiger partial charge in [-0.1, -0.05) is 59.3 Å². The van der Waals surface area contributed by atoms with Gasteiger partial charge >= 0.3 is 0 Å². The van der Waals surface area contributed by atoms with Crippen molar-refractivity contribution in [1.29, 1.82) is 0 Å². The molecule has 0 fully saturated rings. The minimum atomic E-state index is -2.51. The summed E-state index contributed by atoms with van der Waals surface area (Å²) in [5.74, 6) is 0. The van der Waals surface area contributed by atoms with Crippen LogP contribution in [0.25, 0.3) is 0 Å². The number of rotatable bonds is 11. The van der Waals surface area contributed by atoms with Gasteiger partial charge in [-0.3, -0.25) is 0 Å². The average molecular weight is 299 g/mol. The van der Waals surface area contributed by atoms with Crippen LogP contribution >= 0.6 is 0 Å². The average Bonchev–Trinajstić information content (AvgIpc) is 2.44. The Kier molecular flexibility index (Phi) is 10.0. The molecule has 0 N–H and O–H groups in total. The van der Waals surface area contributed by atoms with Gasteiger partial charge in [-0.25, -0.2) is 8.78 Å². The number of allylic oxidation sites excluding steroid dienone is 4. The minimum absolute atomic E-state index is 0.0754. The van der Waals surface area contributed by atoms with Crippen LogP contribution in [0.3, 0.4) is 0 Å². The third-order valence-corrected chi connectivity index (χ3v) is 3.91. The maximum absolute atomic E-state index is 13.6. The molecule has 0 aromatic carbocycles. The van der Waals surface area contributed by atoms with E-state index in [4.69, 9.17) is 0 Å². The molecule has 1 unspecified atom stereocenters. The van der Waals surface area contributed by atoms with Crippen molar-refractivity contribution in [3.8, 4) is 0 Å². The number of hydrogen-bond donors (Lipinski definition) is 0.